The Bertz CT molecular complexity index is 1490. The summed E-state index contributed by atoms with van der Waals surface area (Å²) in [6.07, 6.45) is -4.58. The third-order valence-corrected chi connectivity index (χ3v) is 6.71. The topological polar surface area (TPSA) is 114 Å². The number of halogens is 4. The summed E-state index contributed by atoms with van der Waals surface area (Å²) in [4.78, 5) is 36.8. The summed E-state index contributed by atoms with van der Waals surface area (Å²) >= 11 is 7.77. The molecule has 0 bridgehead atoms. The average molecular weight is 541 g/mol. The van der Waals surface area contributed by atoms with E-state index >= 15 is 0 Å². The van der Waals surface area contributed by atoms with Gasteiger partial charge in [0.2, 0.25) is 11.0 Å². The Balaban J connectivity index is 1.37. The average Bonchev–Trinajstić information content (AvgIpc) is 3.25. The van der Waals surface area contributed by atoms with Crippen LogP contribution in [0.3, 0.4) is 0 Å². The van der Waals surface area contributed by atoms with Crippen molar-refractivity contribution in [1.82, 2.24) is 10.2 Å². The van der Waals surface area contributed by atoms with Crippen molar-refractivity contribution in [2.24, 2.45) is 0 Å². The van der Waals surface area contributed by atoms with Crippen LogP contribution >= 0.6 is 34.7 Å². The fourth-order valence-electron chi connectivity index (χ4n) is 2.81. The number of nitrogens with zero attached hydrogens (tertiary/aromatic N) is 2. The van der Waals surface area contributed by atoms with Gasteiger partial charge < -0.3 is 9.73 Å². The lowest BCUT2D eigenvalue weighted by molar-refractivity contribution is -0.137. The molecule has 0 aliphatic heterocycles. The Morgan fingerprint density at radius 3 is 2.63 bits per heavy atom. The molecule has 0 saturated carbocycles. The van der Waals surface area contributed by atoms with Gasteiger partial charge in [-0.25, -0.2) is 4.79 Å². The number of aromatic nitrogens is 2. The molecule has 0 aliphatic carbocycles. The van der Waals surface area contributed by atoms with Crippen LogP contribution in [0.4, 0.5) is 24.0 Å². The number of thioether (sulfide) groups is 1. The predicted molar refractivity (Wildman–Crippen MR) is 126 cm³/mol. The summed E-state index contributed by atoms with van der Waals surface area (Å²) in [5.74, 6) is -1.57. The molecule has 0 unspecified atom stereocenters. The Morgan fingerprint density at radius 2 is 1.86 bits per heavy atom. The van der Waals surface area contributed by atoms with Crippen molar-refractivity contribution in [2.75, 3.05) is 16.4 Å². The minimum atomic E-state index is -4.58. The molecule has 0 aliphatic rings. The van der Waals surface area contributed by atoms with Crippen LogP contribution in [0.1, 0.15) is 15.9 Å². The van der Waals surface area contributed by atoms with Crippen LogP contribution in [0.2, 0.25) is 5.02 Å². The van der Waals surface area contributed by atoms with E-state index in [0.717, 1.165) is 41.3 Å². The van der Waals surface area contributed by atoms with Crippen LogP contribution in [0, 0.1) is 0 Å². The molecule has 0 radical (unpaired) electrons. The lowest BCUT2D eigenvalue weighted by Gasteiger charge is -2.11. The Labute approximate surface area is 207 Å². The number of benzene rings is 2. The zero-order chi connectivity index (χ0) is 25.2. The van der Waals surface area contributed by atoms with Gasteiger partial charge in [-0.15, -0.1) is 10.2 Å². The van der Waals surface area contributed by atoms with Crippen molar-refractivity contribution in [3.63, 3.8) is 0 Å². The Kier molecular flexibility index (Phi) is 7.10. The van der Waals surface area contributed by atoms with Crippen LogP contribution in [0.5, 0.6) is 0 Å². The molecular formula is C21H12ClF3N4O4S2. The number of carbonyl (C=O) groups is 2. The first-order valence-electron chi connectivity index (χ1n) is 9.57. The number of hydrogen-bond acceptors (Lipinski definition) is 8. The lowest BCUT2D eigenvalue weighted by Crippen LogP contribution is -2.20. The number of alkyl halides is 3. The number of hydrogen-bond donors (Lipinski definition) is 2. The third kappa shape index (κ3) is 5.99. The van der Waals surface area contributed by atoms with Crippen LogP contribution in [-0.4, -0.2) is 27.8 Å². The quantitative estimate of drug-likeness (QED) is 0.194. The number of nitrogens with one attached hydrogen (secondary N) is 2. The maximum absolute atomic E-state index is 12.9. The molecule has 0 spiro atoms. The Hall–Kier alpha value is -3.42. The SMILES string of the molecule is O=C(CSc1nnc(NC(=O)c2cc3ccccc3oc2=O)s1)Nc1cc(C(F)(F)F)ccc1Cl. The molecule has 0 saturated heterocycles. The molecule has 180 valence electrons. The van der Waals surface area contributed by atoms with Gasteiger partial charge in [0.05, 0.1) is 22.0 Å². The zero-order valence-electron chi connectivity index (χ0n) is 17.2. The second-order valence-corrected chi connectivity index (χ2v) is 9.45. The minimum absolute atomic E-state index is 0.0459. The lowest BCUT2D eigenvalue weighted by atomic mass is 10.2. The molecule has 2 amide bonds. The highest BCUT2D eigenvalue weighted by Crippen LogP contribution is 2.34. The van der Waals surface area contributed by atoms with E-state index in [0.29, 0.717) is 15.3 Å². The molecule has 35 heavy (non-hydrogen) atoms. The van der Waals surface area contributed by atoms with Crippen LogP contribution < -0.4 is 16.3 Å². The number of amides is 2. The van der Waals surface area contributed by atoms with Gasteiger partial charge in [-0.3, -0.25) is 14.9 Å². The summed E-state index contributed by atoms with van der Waals surface area (Å²) in [5.41, 5.74) is -1.81. The van der Waals surface area contributed by atoms with Gasteiger partial charge in [-0.1, -0.05) is 52.9 Å². The molecule has 8 nitrogen and oxygen atoms in total. The molecule has 0 atom stereocenters. The van der Waals surface area contributed by atoms with E-state index in [1.807, 2.05) is 0 Å². The van der Waals surface area contributed by atoms with Gasteiger partial charge in [0.25, 0.3) is 5.91 Å². The maximum atomic E-state index is 12.9. The number of anilines is 2. The van der Waals surface area contributed by atoms with Gasteiger partial charge in [-0.2, -0.15) is 13.2 Å². The van der Waals surface area contributed by atoms with Gasteiger partial charge in [0.15, 0.2) is 4.34 Å². The molecule has 2 aromatic carbocycles. The number of rotatable bonds is 6. The highest BCUT2D eigenvalue weighted by molar-refractivity contribution is 8.01. The molecule has 2 aromatic heterocycles. The summed E-state index contributed by atoms with van der Waals surface area (Å²) < 4.78 is 44.1. The summed E-state index contributed by atoms with van der Waals surface area (Å²) in [6, 6.07) is 10.7. The third-order valence-electron chi connectivity index (χ3n) is 4.41. The van der Waals surface area contributed by atoms with Crippen LogP contribution in [0.15, 0.2) is 62.1 Å². The zero-order valence-corrected chi connectivity index (χ0v) is 19.6. The normalized spacial score (nSPS) is 11.4. The maximum Gasteiger partial charge on any atom is 0.416 e. The molecule has 0 fully saturated rings. The molecule has 2 heterocycles. The molecule has 14 heteroatoms. The minimum Gasteiger partial charge on any atom is -0.422 e. The fourth-order valence-corrected chi connectivity index (χ4v) is 4.53. The second kappa shape index (κ2) is 10.1. The Morgan fingerprint density at radius 1 is 1.09 bits per heavy atom. The van der Waals surface area contributed by atoms with E-state index in [1.54, 1.807) is 24.3 Å². The van der Waals surface area contributed by atoms with Crippen molar-refractivity contribution >= 4 is 68.3 Å². The second-order valence-electron chi connectivity index (χ2n) is 6.84. The monoisotopic (exact) mass is 540 g/mol. The number of para-hydroxylation sites is 1. The number of carbonyl (C=O) groups excluding carboxylic acids is 2. The van der Waals surface area contributed by atoms with Gasteiger partial charge >= 0.3 is 11.8 Å². The van der Waals surface area contributed by atoms with E-state index < -0.39 is 29.2 Å². The molecule has 4 rings (SSSR count). The standard InChI is InChI=1S/C21H12ClF3N4O4S2/c22-13-6-5-11(21(23,24)25)8-14(13)26-16(30)9-34-20-29-28-19(35-20)27-17(31)12-7-10-3-1-2-4-15(10)33-18(12)32/h1-8H,9H2,(H,26,30)(H,27,28,31). The van der Waals surface area contributed by atoms with E-state index in [9.17, 15) is 27.6 Å². The van der Waals surface area contributed by atoms with Crippen molar-refractivity contribution < 1.29 is 27.2 Å². The van der Waals surface area contributed by atoms with Crippen molar-refractivity contribution in [3.8, 4) is 0 Å². The van der Waals surface area contributed by atoms with Crippen LogP contribution in [-0.2, 0) is 11.0 Å². The van der Waals surface area contributed by atoms with Gasteiger partial charge in [-0.05, 0) is 30.3 Å². The largest absolute Gasteiger partial charge is 0.422 e. The smallest absolute Gasteiger partial charge is 0.416 e. The molecular weight excluding hydrogens is 529 g/mol. The molecule has 2 N–H and O–H groups in total. The van der Waals surface area contributed by atoms with E-state index in [-0.39, 0.29) is 27.2 Å². The van der Waals surface area contributed by atoms with Gasteiger partial charge in [0.1, 0.15) is 11.1 Å². The first kappa shape index (κ1) is 24.7. The highest BCUT2D eigenvalue weighted by atomic mass is 35.5. The van der Waals surface area contributed by atoms with Crippen molar-refractivity contribution in [2.45, 2.75) is 10.5 Å². The van der Waals surface area contributed by atoms with Crippen LogP contribution in [0.25, 0.3) is 11.0 Å². The number of fused-ring (bicyclic) bond motifs is 1. The van der Waals surface area contributed by atoms with Crippen molar-refractivity contribution in [1.29, 1.82) is 0 Å². The first-order valence-corrected chi connectivity index (χ1v) is 11.8. The fraction of sp³-hybridized carbons (Fsp3) is 0.0952. The van der Waals surface area contributed by atoms with E-state index in [1.165, 1.54) is 6.07 Å². The van der Waals surface area contributed by atoms with E-state index in [4.69, 9.17) is 16.0 Å². The first-order chi connectivity index (χ1) is 16.6. The highest BCUT2D eigenvalue weighted by Gasteiger charge is 2.31. The van der Waals surface area contributed by atoms with E-state index in [2.05, 4.69) is 20.8 Å². The summed E-state index contributed by atoms with van der Waals surface area (Å²) in [6.45, 7) is 0. The predicted octanol–water partition coefficient (Wildman–Crippen LogP) is 5.30. The van der Waals surface area contributed by atoms with Gasteiger partial charge in [0, 0.05) is 5.39 Å². The van der Waals surface area contributed by atoms with Crippen molar-refractivity contribution in [3.05, 3.63) is 75.1 Å². The summed E-state index contributed by atoms with van der Waals surface area (Å²) in [5, 5.41) is 13.0. The molecule has 4 aromatic rings. The summed E-state index contributed by atoms with van der Waals surface area (Å²) in [7, 11) is 0.